The Kier molecular flexibility index (Phi) is 6.32. The molecule has 3 aromatic rings. The van der Waals surface area contributed by atoms with Crippen LogP contribution in [-0.2, 0) is 17.1 Å². The molecule has 1 atom stereocenters. The molecule has 1 aliphatic rings. The summed E-state index contributed by atoms with van der Waals surface area (Å²) in [5, 5.41) is 3.80. The van der Waals surface area contributed by atoms with E-state index in [2.05, 4.69) is 5.32 Å². The molecular weight excluding hydrogens is 428 g/mol. The highest BCUT2D eigenvalue weighted by molar-refractivity contribution is 7.89. The van der Waals surface area contributed by atoms with Crippen LogP contribution in [0.4, 0.5) is 0 Å². The first kappa shape index (κ1) is 22.4. The highest BCUT2D eigenvalue weighted by Crippen LogP contribution is 2.32. The SMILES string of the molecule is COc1ccc(S(=O)(=O)N(C2CCNCC2)C(C)c2nc3ccccc3c(=O)n2C)cc1. The van der Waals surface area contributed by atoms with Crippen molar-refractivity contribution in [2.45, 2.75) is 36.7 Å². The fourth-order valence-corrected chi connectivity index (χ4v) is 6.21. The third-order valence-corrected chi connectivity index (χ3v) is 8.11. The average molecular weight is 457 g/mol. The maximum atomic E-state index is 13.9. The van der Waals surface area contributed by atoms with Crippen molar-refractivity contribution >= 4 is 20.9 Å². The van der Waals surface area contributed by atoms with E-state index in [4.69, 9.17) is 9.72 Å². The summed E-state index contributed by atoms with van der Waals surface area (Å²) in [5.74, 6) is 1.01. The quantitative estimate of drug-likeness (QED) is 0.612. The number of nitrogens with one attached hydrogen (secondary N) is 1. The predicted molar refractivity (Wildman–Crippen MR) is 123 cm³/mol. The number of methoxy groups -OCH3 is 1. The molecule has 1 aromatic heterocycles. The third-order valence-electron chi connectivity index (χ3n) is 6.08. The summed E-state index contributed by atoms with van der Waals surface area (Å²) in [6, 6.07) is 12.7. The van der Waals surface area contributed by atoms with Crippen LogP contribution in [0.3, 0.4) is 0 Å². The van der Waals surface area contributed by atoms with E-state index in [1.807, 2.05) is 6.07 Å². The summed E-state index contributed by atoms with van der Waals surface area (Å²) in [6.45, 7) is 3.27. The van der Waals surface area contributed by atoms with E-state index in [0.29, 0.717) is 35.3 Å². The zero-order chi connectivity index (χ0) is 22.9. The van der Waals surface area contributed by atoms with Crippen LogP contribution in [0, 0.1) is 0 Å². The molecule has 1 saturated heterocycles. The summed E-state index contributed by atoms with van der Waals surface area (Å²) in [7, 11) is -0.674. The zero-order valence-corrected chi connectivity index (χ0v) is 19.3. The van der Waals surface area contributed by atoms with E-state index in [-0.39, 0.29) is 16.5 Å². The molecule has 1 N–H and O–H groups in total. The van der Waals surface area contributed by atoms with Crippen molar-refractivity contribution in [3.8, 4) is 5.75 Å². The number of rotatable bonds is 6. The first-order valence-corrected chi connectivity index (χ1v) is 12.1. The average Bonchev–Trinajstić information content (AvgIpc) is 2.82. The van der Waals surface area contributed by atoms with Gasteiger partial charge in [0.15, 0.2) is 0 Å². The highest BCUT2D eigenvalue weighted by atomic mass is 32.2. The van der Waals surface area contributed by atoms with Gasteiger partial charge in [-0.2, -0.15) is 4.31 Å². The molecule has 1 fully saturated rings. The minimum atomic E-state index is -3.86. The van der Waals surface area contributed by atoms with Gasteiger partial charge < -0.3 is 10.1 Å². The Hall–Kier alpha value is -2.75. The van der Waals surface area contributed by atoms with Crippen molar-refractivity contribution in [3.63, 3.8) is 0 Å². The zero-order valence-electron chi connectivity index (χ0n) is 18.5. The fraction of sp³-hybridized carbons (Fsp3) is 0.391. The number of benzene rings is 2. The van der Waals surface area contributed by atoms with Gasteiger partial charge >= 0.3 is 0 Å². The Bertz CT molecular complexity index is 1270. The second-order valence-electron chi connectivity index (χ2n) is 8.02. The van der Waals surface area contributed by atoms with Crippen molar-refractivity contribution in [2.75, 3.05) is 20.2 Å². The van der Waals surface area contributed by atoms with Crippen LogP contribution in [0.15, 0.2) is 58.2 Å². The van der Waals surface area contributed by atoms with Gasteiger partial charge in [-0.3, -0.25) is 9.36 Å². The fourth-order valence-electron chi connectivity index (χ4n) is 4.37. The molecule has 1 aliphatic heterocycles. The Labute approximate surface area is 187 Å². The lowest BCUT2D eigenvalue weighted by Gasteiger charge is -2.37. The van der Waals surface area contributed by atoms with Crippen molar-refractivity contribution in [3.05, 3.63) is 64.7 Å². The lowest BCUT2D eigenvalue weighted by atomic mass is 10.1. The number of nitrogens with zero attached hydrogens (tertiary/aromatic N) is 3. The maximum Gasteiger partial charge on any atom is 0.261 e. The largest absolute Gasteiger partial charge is 0.497 e. The summed E-state index contributed by atoms with van der Waals surface area (Å²) in [4.78, 5) is 17.9. The van der Waals surface area contributed by atoms with Crippen LogP contribution in [0.1, 0.15) is 31.6 Å². The molecule has 2 heterocycles. The van der Waals surface area contributed by atoms with Crippen LogP contribution in [-0.4, -0.2) is 48.5 Å². The van der Waals surface area contributed by atoms with Crippen molar-refractivity contribution in [1.29, 1.82) is 0 Å². The Morgan fingerprint density at radius 1 is 1.12 bits per heavy atom. The van der Waals surface area contributed by atoms with E-state index in [0.717, 1.165) is 13.1 Å². The van der Waals surface area contributed by atoms with Gasteiger partial charge in [0.2, 0.25) is 10.0 Å². The minimum absolute atomic E-state index is 0.189. The van der Waals surface area contributed by atoms with Crippen LogP contribution < -0.4 is 15.6 Å². The molecule has 0 saturated carbocycles. The minimum Gasteiger partial charge on any atom is -0.497 e. The molecule has 1 unspecified atom stereocenters. The van der Waals surface area contributed by atoms with Gasteiger partial charge in [0, 0.05) is 13.1 Å². The van der Waals surface area contributed by atoms with Crippen LogP contribution in [0.25, 0.3) is 10.9 Å². The van der Waals surface area contributed by atoms with E-state index in [1.165, 1.54) is 8.87 Å². The Balaban J connectivity index is 1.84. The number of para-hydroxylation sites is 1. The van der Waals surface area contributed by atoms with Crippen molar-refractivity contribution < 1.29 is 13.2 Å². The number of fused-ring (bicyclic) bond motifs is 1. The molecule has 0 spiro atoms. The molecule has 8 nitrogen and oxygen atoms in total. The molecule has 4 rings (SSSR count). The first-order valence-electron chi connectivity index (χ1n) is 10.7. The van der Waals surface area contributed by atoms with Gasteiger partial charge in [-0.05, 0) is 69.3 Å². The lowest BCUT2D eigenvalue weighted by molar-refractivity contribution is 0.210. The van der Waals surface area contributed by atoms with E-state index < -0.39 is 16.1 Å². The molecular formula is C23H28N4O4S. The number of piperidine rings is 1. The van der Waals surface area contributed by atoms with Gasteiger partial charge in [0.05, 0.1) is 29.0 Å². The lowest BCUT2D eigenvalue weighted by Crippen LogP contribution is -2.48. The monoisotopic (exact) mass is 456 g/mol. The molecule has 32 heavy (non-hydrogen) atoms. The first-order chi connectivity index (χ1) is 15.3. The number of sulfonamides is 1. The standard InChI is InChI=1S/C23H28N4O4S/c1-16(22-25-21-7-5-4-6-20(21)23(28)26(22)2)27(17-12-14-24-15-13-17)32(29,30)19-10-8-18(31-3)9-11-19/h4-11,16-17,24H,12-15H2,1-3H3. The van der Waals surface area contributed by atoms with Crippen molar-refractivity contribution in [1.82, 2.24) is 19.2 Å². The highest BCUT2D eigenvalue weighted by Gasteiger charge is 2.38. The normalized spacial score (nSPS) is 16.4. The van der Waals surface area contributed by atoms with E-state index >= 15 is 0 Å². The summed E-state index contributed by atoms with van der Waals surface area (Å²) < 4.78 is 35.9. The smallest absolute Gasteiger partial charge is 0.261 e. The van der Waals surface area contributed by atoms with Gasteiger partial charge in [-0.1, -0.05) is 12.1 Å². The number of hydrogen-bond acceptors (Lipinski definition) is 6. The number of ether oxygens (including phenoxy) is 1. The number of hydrogen-bond donors (Lipinski definition) is 1. The molecule has 0 aliphatic carbocycles. The molecule has 9 heteroatoms. The van der Waals surface area contributed by atoms with Crippen LogP contribution in [0.2, 0.25) is 0 Å². The molecule has 0 bridgehead atoms. The Morgan fingerprint density at radius 2 is 1.78 bits per heavy atom. The molecule has 0 amide bonds. The number of aromatic nitrogens is 2. The van der Waals surface area contributed by atoms with Gasteiger partial charge in [-0.25, -0.2) is 13.4 Å². The summed E-state index contributed by atoms with van der Waals surface area (Å²) in [5.41, 5.74) is 0.370. The predicted octanol–water partition coefficient (Wildman–Crippen LogP) is 2.45. The van der Waals surface area contributed by atoms with Gasteiger partial charge in [0.25, 0.3) is 5.56 Å². The van der Waals surface area contributed by atoms with E-state index in [1.54, 1.807) is 63.5 Å². The van der Waals surface area contributed by atoms with Gasteiger partial charge in [0.1, 0.15) is 11.6 Å². The van der Waals surface area contributed by atoms with Crippen LogP contribution >= 0.6 is 0 Å². The molecule has 170 valence electrons. The second-order valence-corrected chi connectivity index (χ2v) is 9.86. The molecule has 0 radical (unpaired) electrons. The third kappa shape index (κ3) is 4.03. The Morgan fingerprint density at radius 3 is 2.44 bits per heavy atom. The van der Waals surface area contributed by atoms with Gasteiger partial charge in [-0.15, -0.1) is 0 Å². The van der Waals surface area contributed by atoms with Crippen molar-refractivity contribution in [2.24, 2.45) is 7.05 Å². The van der Waals surface area contributed by atoms with E-state index in [9.17, 15) is 13.2 Å². The second kappa shape index (κ2) is 9.01. The summed E-state index contributed by atoms with van der Waals surface area (Å²) >= 11 is 0. The molecule has 2 aromatic carbocycles. The maximum absolute atomic E-state index is 13.9. The topological polar surface area (TPSA) is 93.5 Å². The van der Waals surface area contributed by atoms with Crippen LogP contribution in [0.5, 0.6) is 5.75 Å². The summed E-state index contributed by atoms with van der Waals surface area (Å²) in [6.07, 6.45) is 1.36.